The van der Waals surface area contributed by atoms with Crippen LogP contribution in [0.1, 0.15) is 56.1 Å². The maximum absolute atomic E-state index is 12.7. The summed E-state index contributed by atoms with van der Waals surface area (Å²) < 4.78 is 10.8. The maximum Gasteiger partial charge on any atom is 0.407 e. The highest BCUT2D eigenvalue weighted by atomic mass is 16.5. The van der Waals surface area contributed by atoms with Crippen molar-refractivity contribution in [2.75, 3.05) is 19.8 Å². The summed E-state index contributed by atoms with van der Waals surface area (Å²) in [7, 11) is 0. The van der Waals surface area contributed by atoms with Gasteiger partial charge in [0.1, 0.15) is 6.61 Å². The van der Waals surface area contributed by atoms with Gasteiger partial charge in [-0.3, -0.25) is 4.79 Å². The molecule has 2 amide bonds. The molecule has 4 rings (SSSR count). The predicted molar refractivity (Wildman–Crippen MR) is 130 cm³/mol. The minimum Gasteiger partial charge on any atom is -0.479 e. The second-order valence-corrected chi connectivity index (χ2v) is 9.25. The Morgan fingerprint density at radius 3 is 2.34 bits per heavy atom. The van der Waals surface area contributed by atoms with Gasteiger partial charge in [0.2, 0.25) is 5.91 Å². The third-order valence-electron chi connectivity index (χ3n) is 6.81. The summed E-state index contributed by atoms with van der Waals surface area (Å²) in [4.78, 5) is 37.1. The lowest BCUT2D eigenvalue weighted by atomic mass is 9.98. The highest BCUT2D eigenvalue weighted by molar-refractivity contribution is 5.88. The number of alkyl carbamates (subject to hydrolysis) is 1. The normalized spacial score (nSPS) is 19.5. The average Bonchev–Trinajstić information content (AvgIpc) is 3.45. The zero-order valence-electron chi connectivity index (χ0n) is 19.9. The van der Waals surface area contributed by atoms with Crippen LogP contribution in [0.25, 0.3) is 11.1 Å². The van der Waals surface area contributed by atoms with E-state index in [0.717, 1.165) is 35.1 Å². The highest BCUT2D eigenvalue weighted by Gasteiger charge is 2.44. The smallest absolute Gasteiger partial charge is 0.407 e. The van der Waals surface area contributed by atoms with Gasteiger partial charge in [-0.2, -0.15) is 0 Å². The molecule has 2 atom stereocenters. The molecule has 8 heteroatoms. The van der Waals surface area contributed by atoms with Gasteiger partial charge in [-0.15, -0.1) is 0 Å². The molecule has 35 heavy (non-hydrogen) atoms. The molecule has 3 N–H and O–H groups in total. The van der Waals surface area contributed by atoms with Gasteiger partial charge < -0.3 is 25.2 Å². The molecule has 0 spiro atoms. The van der Waals surface area contributed by atoms with Crippen LogP contribution in [0.4, 0.5) is 4.79 Å². The van der Waals surface area contributed by atoms with Crippen molar-refractivity contribution < 1.29 is 29.0 Å². The number of nitrogens with one attached hydrogen (secondary N) is 2. The molecular formula is C27H32N2O6. The number of fused-ring (bicyclic) bond motifs is 3. The number of hydrogen-bond acceptors (Lipinski definition) is 5. The molecule has 2 aliphatic rings. The third-order valence-corrected chi connectivity index (χ3v) is 6.81. The maximum atomic E-state index is 12.7. The summed E-state index contributed by atoms with van der Waals surface area (Å²) >= 11 is 0. The fourth-order valence-electron chi connectivity index (χ4n) is 4.91. The second-order valence-electron chi connectivity index (χ2n) is 9.25. The van der Waals surface area contributed by atoms with Gasteiger partial charge in [0.05, 0.1) is 6.61 Å². The van der Waals surface area contributed by atoms with Crippen molar-refractivity contribution in [3.8, 4) is 11.1 Å². The van der Waals surface area contributed by atoms with Crippen LogP contribution in [0.5, 0.6) is 0 Å². The first-order chi connectivity index (χ1) is 16.9. The minimum absolute atomic E-state index is 0.0285. The molecule has 8 nitrogen and oxygen atoms in total. The van der Waals surface area contributed by atoms with Crippen molar-refractivity contribution in [2.24, 2.45) is 0 Å². The lowest BCUT2D eigenvalue weighted by Gasteiger charge is -2.25. The van der Waals surface area contributed by atoms with Crippen molar-refractivity contribution in [2.45, 2.75) is 56.5 Å². The van der Waals surface area contributed by atoms with Gasteiger partial charge in [-0.05, 0) is 28.7 Å². The van der Waals surface area contributed by atoms with Crippen molar-refractivity contribution in [3.05, 3.63) is 59.7 Å². The van der Waals surface area contributed by atoms with E-state index in [1.807, 2.05) is 31.2 Å². The standard InChI is InChI=1S/C27H32N2O6/c1-2-3-8-18(15-24(30)29-27(25(31)32)13-14-34-17-27)28-26(33)35-16-23-21-11-6-4-9-19(21)20-10-5-7-12-22(20)23/h4-7,9-12,18,23H,2-3,8,13-17H2,1H3,(H,28,33)(H,29,30)(H,31,32). The number of carboxylic acids is 1. The summed E-state index contributed by atoms with van der Waals surface area (Å²) in [6.45, 7) is 2.43. The molecular weight excluding hydrogens is 448 g/mol. The van der Waals surface area contributed by atoms with E-state index in [1.165, 1.54) is 0 Å². The fraction of sp³-hybridized carbons (Fsp3) is 0.444. The quantitative estimate of drug-likeness (QED) is 0.476. The highest BCUT2D eigenvalue weighted by Crippen LogP contribution is 2.44. The molecule has 0 aromatic heterocycles. The number of carbonyl (C=O) groups is 3. The van der Waals surface area contributed by atoms with Gasteiger partial charge in [0, 0.05) is 31.4 Å². The zero-order chi connectivity index (χ0) is 24.8. The van der Waals surface area contributed by atoms with Crippen molar-refractivity contribution in [1.82, 2.24) is 10.6 Å². The van der Waals surface area contributed by atoms with E-state index in [4.69, 9.17) is 9.47 Å². The van der Waals surface area contributed by atoms with Gasteiger partial charge in [0.25, 0.3) is 0 Å². The monoisotopic (exact) mass is 480 g/mol. The van der Waals surface area contributed by atoms with Crippen LogP contribution in [-0.2, 0) is 19.1 Å². The summed E-state index contributed by atoms with van der Waals surface area (Å²) in [6, 6.07) is 15.8. The third kappa shape index (κ3) is 5.48. The number of amides is 2. The van der Waals surface area contributed by atoms with Crippen LogP contribution in [-0.4, -0.2) is 54.5 Å². The number of hydrogen-bond donors (Lipinski definition) is 3. The molecule has 0 bridgehead atoms. The summed E-state index contributed by atoms with van der Waals surface area (Å²) in [5.74, 6) is -1.60. The Balaban J connectivity index is 1.37. The Morgan fingerprint density at radius 1 is 1.11 bits per heavy atom. The number of unbranched alkanes of at least 4 members (excludes halogenated alkanes) is 1. The number of ether oxygens (including phenoxy) is 2. The van der Waals surface area contributed by atoms with E-state index in [1.54, 1.807) is 0 Å². The molecule has 2 unspecified atom stereocenters. The largest absolute Gasteiger partial charge is 0.479 e. The predicted octanol–water partition coefficient (Wildman–Crippen LogP) is 3.83. The molecule has 1 fully saturated rings. The minimum atomic E-state index is -1.41. The van der Waals surface area contributed by atoms with E-state index >= 15 is 0 Å². The Hall–Kier alpha value is -3.39. The molecule has 0 radical (unpaired) electrons. The lowest BCUT2D eigenvalue weighted by Crippen LogP contribution is -2.56. The van der Waals surface area contributed by atoms with Gasteiger partial charge >= 0.3 is 12.1 Å². The van der Waals surface area contributed by atoms with E-state index in [2.05, 4.69) is 34.9 Å². The number of carbonyl (C=O) groups excluding carboxylic acids is 2. The van der Waals surface area contributed by atoms with E-state index in [-0.39, 0.29) is 38.6 Å². The molecule has 1 saturated heterocycles. The van der Waals surface area contributed by atoms with Crippen molar-refractivity contribution >= 4 is 18.0 Å². The van der Waals surface area contributed by atoms with Crippen LogP contribution in [0.3, 0.4) is 0 Å². The second kappa shape index (κ2) is 10.9. The molecule has 2 aromatic rings. The number of aliphatic carboxylic acids is 1. The fourth-order valence-corrected chi connectivity index (χ4v) is 4.91. The van der Waals surface area contributed by atoms with Crippen LogP contribution in [0, 0.1) is 0 Å². The average molecular weight is 481 g/mol. The number of carboxylic acid groups (broad SMARTS) is 1. The van der Waals surface area contributed by atoms with E-state index in [0.29, 0.717) is 6.42 Å². The van der Waals surface area contributed by atoms with Crippen LogP contribution < -0.4 is 10.6 Å². The molecule has 186 valence electrons. The van der Waals surface area contributed by atoms with E-state index in [9.17, 15) is 19.5 Å². The molecule has 1 aliphatic heterocycles. The molecule has 0 saturated carbocycles. The summed E-state index contributed by atoms with van der Waals surface area (Å²) in [5, 5.41) is 15.0. The Kier molecular flexibility index (Phi) is 7.70. The van der Waals surface area contributed by atoms with E-state index < -0.39 is 29.6 Å². The first-order valence-electron chi connectivity index (χ1n) is 12.2. The lowest BCUT2D eigenvalue weighted by molar-refractivity contribution is -0.147. The zero-order valence-corrected chi connectivity index (χ0v) is 19.9. The Bertz CT molecular complexity index is 1030. The van der Waals surface area contributed by atoms with Crippen molar-refractivity contribution in [3.63, 3.8) is 0 Å². The SMILES string of the molecule is CCCCC(CC(=O)NC1(C(=O)O)CCOC1)NC(=O)OCC1c2ccccc2-c2ccccc21. The number of benzene rings is 2. The van der Waals surface area contributed by atoms with Crippen molar-refractivity contribution in [1.29, 1.82) is 0 Å². The first kappa shape index (κ1) is 24.7. The molecule has 2 aromatic carbocycles. The number of rotatable bonds is 10. The molecule has 1 heterocycles. The van der Waals surface area contributed by atoms with Gasteiger partial charge in [0.15, 0.2) is 5.54 Å². The van der Waals surface area contributed by atoms with Gasteiger partial charge in [-0.25, -0.2) is 9.59 Å². The topological polar surface area (TPSA) is 114 Å². The Labute approximate surface area is 205 Å². The first-order valence-corrected chi connectivity index (χ1v) is 12.2. The van der Waals surface area contributed by atoms with Gasteiger partial charge in [-0.1, -0.05) is 68.3 Å². The summed E-state index contributed by atoms with van der Waals surface area (Å²) in [6.07, 6.45) is 1.90. The summed E-state index contributed by atoms with van der Waals surface area (Å²) in [5.41, 5.74) is 3.15. The van der Waals surface area contributed by atoms with Crippen LogP contribution in [0.2, 0.25) is 0 Å². The van der Waals surface area contributed by atoms with Crippen LogP contribution >= 0.6 is 0 Å². The Morgan fingerprint density at radius 2 is 1.77 bits per heavy atom. The molecule has 1 aliphatic carbocycles. The van der Waals surface area contributed by atoms with Crippen LogP contribution in [0.15, 0.2) is 48.5 Å².